The van der Waals surface area contributed by atoms with E-state index in [-0.39, 0.29) is 18.0 Å². The summed E-state index contributed by atoms with van der Waals surface area (Å²) in [5, 5.41) is 4.24. The highest BCUT2D eigenvalue weighted by molar-refractivity contribution is 6.30. The molecule has 3 heterocycles. The molecule has 0 atom stereocenters. The number of nitrogens with one attached hydrogen (secondary N) is 1. The predicted octanol–water partition coefficient (Wildman–Crippen LogP) is 2.73. The number of hydrogen-bond donors (Lipinski definition) is 1. The Morgan fingerprint density at radius 1 is 1.20 bits per heavy atom. The van der Waals surface area contributed by atoms with E-state index in [0.29, 0.717) is 16.7 Å². The molecule has 5 nitrogen and oxygen atoms in total. The molecule has 1 N–H and O–H groups in total. The molecule has 0 aromatic carbocycles. The van der Waals surface area contributed by atoms with Gasteiger partial charge in [-0.25, -0.2) is 4.98 Å². The van der Waals surface area contributed by atoms with Gasteiger partial charge in [-0.05, 0) is 50.3 Å². The maximum atomic E-state index is 12.2. The number of nitrogens with zero attached hydrogens (tertiary/aromatic N) is 3. The molecular weight excluding hydrogens is 359 g/mol. The molecule has 0 amide bonds. The second kappa shape index (κ2) is 8.04. The molecule has 0 unspecified atom stereocenters. The van der Waals surface area contributed by atoms with E-state index in [1.165, 1.54) is 36.6 Å². The molecule has 1 aliphatic carbocycles. The van der Waals surface area contributed by atoms with Crippen molar-refractivity contribution in [1.29, 1.82) is 0 Å². The van der Waals surface area contributed by atoms with Gasteiger partial charge in [-0.2, -0.15) is 0 Å². The third kappa shape index (κ3) is 4.73. The van der Waals surface area contributed by atoms with E-state index in [0.717, 1.165) is 31.2 Å². The first kappa shape index (κ1) is 18.6. The zero-order valence-corrected chi connectivity index (χ0v) is 15.7. The van der Waals surface area contributed by atoms with E-state index in [2.05, 4.69) is 15.2 Å². The lowest BCUT2D eigenvalue weighted by atomic mass is 10.0. The van der Waals surface area contributed by atoms with Crippen LogP contribution in [0, 0.1) is 5.92 Å². The summed E-state index contributed by atoms with van der Waals surface area (Å²) in [6.07, 6.45) is 6.78. The van der Waals surface area contributed by atoms with E-state index in [1.54, 1.807) is 24.4 Å². The third-order valence-electron chi connectivity index (χ3n) is 5.04. The van der Waals surface area contributed by atoms with Crippen LogP contribution < -0.4 is 10.9 Å². The quantitative estimate of drug-likeness (QED) is 0.863. The average Bonchev–Trinajstić information content (AvgIpc) is 3.39. The number of pyridine rings is 1. The molecule has 2 aromatic rings. The Morgan fingerprint density at radius 3 is 2.68 bits per heavy atom. The molecule has 0 bridgehead atoms. The van der Waals surface area contributed by atoms with E-state index in [4.69, 9.17) is 11.6 Å². The number of halogens is 2. The van der Waals surface area contributed by atoms with Gasteiger partial charge in [0.05, 0.1) is 10.7 Å². The second-order valence-electron chi connectivity index (χ2n) is 7.06. The monoisotopic (exact) mass is 382 g/mol. The molecule has 1 saturated heterocycles. The number of likely N-dealkylation sites (tertiary alicyclic amines) is 1. The highest BCUT2D eigenvalue weighted by Gasteiger charge is 2.24. The van der Waals surface area contributed by atoms with Crippen LogP contribution in [0.25, 0.3) is 5.65 Å². The molecule has 0 radical (unpaired) electrons. The fraction of sp³-hybridized carbons (Fsp3) is 0.556. The van der Waals surface area contributed by atoms with Gasteiger partial charge in [-0.1, -0.05) is 11.6 Å². The molecule has 1 aliphatic heterocycles. The molecule has 25 heavy (non-hydrogen) atoms. The normalized spacial score (nSPS) is 19.1. The van der Waals surface area contributed by atoms with Crippen molar-refractivity contribution in [2.45, 2.75) is 38.3 Å². The minimum Gasteiger partial charge on any atom is -0.314 e. The molecule has 2 aliphatic rings. The summed E-state index contributed by atoms with van der Waals surface area (Å²) in [6.45, 7) is 4.05. The minimum absolute atomic E-state index is 0. The first-order valence-corrected chi connectivity index (χ1v) is 9.19. The Bertz CT molecular complexity index is 782. The van der Waals surface area contributed by atoms with Gasteiger partial charge in [0.1, 0.15) is 5.65 Å². The van der Waals surface area contributed by atoms with Crippen LogP contribution in [0.3, 0.4) is 0 Å². The van der Waals surface area contributed by atoms with Crippen LogP contribution in [0.5, 0.6) is 0 Å². The van der Waals surface area contributed by atoms with Crippen LogP contribution in [0.15, 0.2) is 29.2 Å². The molecule has 2 aromatic heterocycles. The number of rotatable bonds is 5. The van der Waals surface area contributed by atoms with Crippen molar-refractivity contribution >= 4 is 29.7 Å². The summed E-state index contributed by atoms with van der Waals surface area (Å²) >= 11 is 5.95. The van der Waals surface area contributed by atoms with Crippen molar-refractivity contribution < 1.29 is 0 Å². The molecule has 7 heteroatoms. The maximum absolute atomic E-state index is 12.2. The molecule has 1 saturated carbocycles. The second-order valence-corrected chi connectivity index (χ2v) is 7.50. The number of aromatic nitrogens is 2. The van der Waals surface area contributed by atoms with Gasteiger partial charge in [-0.3, -0.25) is 14.1 Å². The molecular formula is C18H24Cl2N4O. The van der Waals surface area contributed by atoms with Crippen molar-refractivity contribution in [3.05, 3.63) is 45.5 Å². The first-order chi connectivity index (χ1) is 11.7. The van der Waals surface area contributed by atoms with Gasteiger partial charge in [0, 0.05) is 37.9 Å². The van der Waals surface area contributed by atoms with Crippen LogP contribution in [0.4, 0.5) is 0 Å². The van der Waals surface area contributed by atoms with Gasteiger partial charge >= 0.3 is 0 Å². The Balaban J connectivity index is 0.00000182. The number of piperidine rings is 1. The average molecular weight is 383 g/mol. The first-order valence-electron chi connectivity index (χ1n) is 8.81. The molecule has 0 spiro atoms. The van der Waals surface area contributed by atoms with Crippen LogP contribution in [-0.2, 0) is 6.54 Å². The Morgan fingerprint density at radius 2 is 1.96 bits per heavy atom. The summed E-state index contributed by atoms with van der Waals surface area (Å²) < 4.78 is 1.50. The van der Waals surface area contributed by atoms with E-state index < -0.39 is 0 Å². The van der Waals surface area contributed by atoms with Crippen molar-refractivity contribution in [3.8, 4) is 0 Å². The number of fused-ring (bicyclic) bond motifs is 1. The van der Waals surface area contributed by atoms with E-state index in [1.807, 2.05) is 0 Å². The highest BCUT2D eigenvalue weighted by atomic mass is 35.5. The SMILES string of the molecule is Cl.O=c1cc(CN2CCC(NCC3CC3)CC2)nc2ccc(Cl)cn12. The Labute approximate surface area is 158 Å². The fourth-order valence-corrected chi connectivity index (χ4v) is 3.55. The molecule has 136 valence electrons. The lowest BCUT2D eigenvalue weighted by molar-refractivity contribution is 0.188. The van der Waals surface area contributed by atoms with Crippen molar-refractivity contribution in [3.63, 3.8) is 0 Å². The van der Waals surface area contributed by atoms with Crippen LogP contribution in [-0.4, -0.2) is 40.0 Å². The van der Waals surface area contributed by atoms with Crippen LogP contribution >= 0.6 is 24.0 Å². The molecule has 4 rings (SSSR count). The zero-order chi connectivity index (χ0) is 16.5. The zero-order valence-electron chi connectivity index (χ0n) is 14.2. The van der Waals surface area contributed by atoms with Gasteiger partial charge in [-0.15, -0.1) is 12.4 Å². The lowest BCUT2D eigenvalue weighted by Crippen LogP contribution is -2.42. The van der Waals surface area contributed by atoms with E-state index in [9.17, 15) is 4.79 Å². The third-order valence-corrected chi connectivity index (χ3v) is 5.27. The minimum atomic E-state index is -0.0708. The lowest BCUT2D eigenvalue weighted by Gasteiger charge is -2.32. The van der Waals surface area contributed by atoms with Gasteiger partial charge in [0.25, 0.3) is 5.56 Å². The van der Waals surface area contributed by atoms with E-state index >= 15 is 0 Å². The summed E-state index contributed by atoms with van der Waals surface area (Å²) in [7, 11) is 0. The van der Waals surface area contributed by atoms with Gasteiger partial charge in [0.15, 0.2) is 0 Å². The Hall–Kier alpha value is -1.14. The Kier molecular flexibility index (Phi) is 6.00. The van der Waals surface area contributed by atoms with Gasteiger partial charge in [0.2, 0.25) is 0 Å². The van der Waals surface area contributed by atoms with Gasteiger partial charge < -0.3 is 5.32 Å². The topological polar surface area (TPSA) is 49.6 Å². The standard InChI is InChI=1S/C18H23ClN4O.ClH/c19-14-3-4-17-21-16(9-18(24)23(17)11-14)12-22-7-5-15(6-8-22)20-10-13-1-2-13;/h3-4,9,11,13,15,20H,1-2,5-8,10,12H2;1H. The van der Waals surface area contributed by atoms with Crippen LogP contribution in [0.1, 0.15) is 31.4 Å². The predicted molar refractivity (Wildman–Crippen MR) is 103 cm³/mol. The smallest absolute Gasteiger partial charge is 0.258 e. The maximum Gasteiger partial charge on any atom is 0.258 e. The van der Waals surface area contributed by atoms with Crippen molar-refractivity contribution in [2.24, 2.45) is 5.92 Å². The molecule has 2 fully saturated rings. The summed E-state index contributed by atoms with van der Waals surface area (Å²) in [6, 6.07) is 5.84. The summed E-state index contributed by atoms with van der Waals surface area (Å²) in [5.41, 5.74) is 1.42. The highest BCUT2D eigenvalue weighted by Crippen LogP contribution is 2.28. The summed E-state index contributed by atoms with van der Waals surface area (Å²) in [5.74, 6) is 0.936. The number of hydrogen-bond acceptors (Lipinski definition) is 4. The van der Waals surface area contributed by atoms with Crippen molar-refractivity contribution in [1.82, 2.24) is 19.6 Å². The fourth-order valence-electron chi connectivity index (χ4n) is 3.39. The van der Waals surface area contributed by atoms with Crippen LogP contribution in [0.2, 0.25) is 5.02 Å². The van der Waals surface area contributed by atoms with Crippen molar-refractivity contribution in [2.75, 3.05) is 19.6 Å². The largest absolute Gasteiger partial charge is 0.314 e. The summed E-state index contributed by atoms with van der Waals surface area (Å²) in [4.78, 5) is 19.2.